The van der Waals surface area contributed by atoms with Crippen molar-refractivity contribution in [1.82, 2.24) is 5.39 Å². The van der Waals surface area contributed by atoms with Crippen molar-refractivity contribution in [3.63, 3.8) is 0 Å². The number of aliphatic hydroxyl groups excluding tert-OH is 6. The Morgan fingerprint density at radius 1 is 0.571 bits per heavy atom. The molecule has 12 nitrogen and oxygen atoms in total. The van der Waals surface area contributed by atoms with Crippen molar-refractivity contribution in [2.45, 2.75) is 11.1 Å². The Morgan fingerprint density at radius 2 is 0.667 bits per heavy atom. The molecule has 0 heterocycles. The fourth-order valence-corrected chi connectivity index (χ4v) is 0.300. The SMILES string of the molecule is ON(O)O.[Cu+2].[NH-]C(CO)(CO)CO.[NH-]C(CO)(CO)CO. The van der Waals surface area contributed by atoms with E-state index in [0.717, 1.165) is 0 Å². The topological polar surface area (TPSA) is 233 Å². The number of hydrogen-bond donors (Lipinski definition) is 9. The Hall–Kier alpha value is 0.0395. The molecule has 0 amide bonds. The monoisotopic (exact) mass is 368 g/mol. The molecule has 0 saturated carbocycles. The third-order valence-corrected chi connectivity index (χ3v) is 1.82. The van der Waals surface area contributed by atoms with Crippen molar-refractivity contribution in [2.24, 2.45) is 0 Å². The number of nitrogens with zero attached hydrogens (tertiary/aromatic N) is 1. The maximum atomic E-state index is 8.28. The van der Waals surface area contributed by atoms with E-state index in [1.54, 1.807) is 0 Å². The Bertz CT molecular complexity index is 168. The first kappa shape index (κ1) is 29.1. The van der Waals surface area contributed by atoms with Gasteiger partial charge in [-0.15, -0.1) is 0 Å². The third kappa shape index (κ3) is 20.0. The van der Waals surface area contributed by atoms with E-state index in [0.29, 0.717) is 0 Å². The van der Waals surface area contributed by atoms with Crippen molar-refractivity contribution in [2.75, 3.05) is 39.6 Å². The molecule has 0 aliphatic carbocycles. The summed E-state index contributed by atoms with van der Waals surface area (Å²) < 4.78 is 0. The Kier molecular flexibility index (Phi) is 22.7. The number of rotatable bonds is 6. The van der Waals surface area contributed by atoms with Gasteiger partial charge in [0.25, 0.3) is 0 Å². The van der Waals surface area contributed by atoms with Crippen LogP contribution in [0, 0.1) is 0 Å². The van der Waals surface area contributed by atoms with Crippen molar-refractivity contribution < 1.29 is 63.3 Å². The molecule has 0 saturated heterocycles. The minimum Gasteiger partial charge on any atom is -0.666 e. The summed E-state index contributed by atoms with van der Waals surface area (Å²) in [6.45, 7) is -3.08. The molecule has 0 aromatic heterocycles. The second kappa shape index (κ2) is 16.4. The van der Waals surface area contributed by atoms with E-state index in [4.69, 9.17) is 57.7 Å². The summed E-state index contributed by atoms with van der Waals surface area (Å²) in [6, 6.07) is 0. The predicted molar refractivity (Wildman–Crippen MR) is 63.8 cm³/mol. The van der Waals surface area contributed by atoms with Crippen LogP contribution in [0.5, 0.6) is 0 Å². The molecule has 0 rings (SSSR count). The predicted octanol–water partition coefficient (Wildman–Crippen LogP) is -3.04. The largest absolute Gasteiger partial charge is 2.00 e. The van der Waals surface area contributed by atoms with Crippen molar-refractivity contribution >= 4 is 0 Å². The molecular formula is C8H23CuN3O9. The molecule has 135 valence electrons. The van der Waals surface area contributed by atoms with Crippen molar-refractivity contribution in [3.8, 4) is 0 Å². The van der Waals surface area contributed by atoms with Crippen LogP contribution in [0.4, 0.5) is 0 Å². The van der Waals surface area contributed by atoms with Gasteiger partial charge in [0.15, 0.2) is 0 Å². The average molecular weight is 369 g/mol. The molecule has 0 aromatic rings. The molecule has 21 heavy (non-hydrogen) atoms. The second-order valence-corrected chi connectivity index (χ2v) is 3.78. The van der Waals surface area contributed by atoms with Crippen LogP contribution in [0.3, 0.4) is 0 Å². The summed E-state index contributed by atoms with van der Waals surface area (Å²) in [5.41, 5.74) is 10.9. The molecule has 0 spiro atoms. The maximum Gasteiger partial charge on any atom is 2.00 e. The molecular weight excluding hydrogens is 346 g/mol. The van der Waals surface area contributed by atoms with E-state index in [1.807, 2.05) is 0 Å². The van der Waals surface area contributed by atoms with Gasteiger partial charge < -0.3 is 42.1 Å². The van der Waals surface area contributed by atoms with Gasteiger partial charge in [-0.2, -0.15) is 0 Å². The van der Waals surface area contributed by atoms with Crippen LogP contribution in [-0.2, 0) is 17.1 Å². The van der Waals surface area contributed by atoms with Crippen LogP contribution >= 0.6 is 0 Å². The van der Waals surface area contributed by atoms with Gasteiger partial charge in [-0.05, 0) is 0 Å². The molecule has 0 unspecified atom stereocenters. The van der Waals surface area contributed by atoms with Crippen LogP contribution in [0.25, 0.3) is 11.5 Å². The molecule has 0 fully saturated rings. The number of hydrogen-bond acceptors (Lipinski definition) is 10. The first-order valence-electron chi connectivity index (χ1n) is 5.12. The van der Waals surface area contributed by atoms with E-state index in [9.17, 15) is 0 Å². The molecule has 0 atom stereocenters. The van der Waals surface area contributed by atoms with E-state index < -0.39 is 56.1 Å². The first-order chi connectivity index (χ1) is 9.10. The fraction of sp³-hybridized carbons (Fsp3) is 1.00. The minimum atomic E-state index is -1.46. The van der Waals surface area contributed by atoms with Crippen LogP contribution < -0.4 is 0 Å². The van der Waals surface area contributed by atoms with Crippen molar-refractivity contribution in [1.29, 1.82) is 0 Å². The van der Waals surface area contributed by atoms with Gasteiger partial charge in [0, 0.05) is 39.6 Å². The summed E-state index contributed by atoms with van der Waals surface area (Å²) in [5.74, 6) is 0. The number of aliphatic hydroxyl groups is 6. The molecule has 0 aliphatic heterocycles. The smallest absolute Gasteiger partial charge is 0.666 e. The van der Waals surface area contributed by atoms with Gasteiger partial charge in [0.1, 0.15) is 0 Å². The molecule has 11 N–H and O–H groups in total. The fourth-order valence-electron chi connectivity index (χ4n) is 0.300. The van der Waals surface area contributed by atoms with Gasteiger partial charge in [0.2, 0.25) is 0 Å². The van der Waals surface area contributed by atoms with Crippen LogP contribution in [0.1, 0.15) is 0 Å². The third-order valence-electron chi connectivity index (χ3n) is 1.82. The summed E-state index contributed by atoms with van der Waals surface area (Å²) in [7, 11) is 0. The van der Waals surface area contributed by atoms with Crippen molar-refractivity contribution in [3.05, 3.63) is 11.5 Å². The molecule has 13 heteroatoms. The van der Waals surface area contributed by atoms with Crippen LogP contribution in [0.2, 0.25) is 0 Å². The zero-order chi connectivity index (χ0) is 16.8. The summed E-state index contributed by atoms with van der Waals surface area (Å²) in [5, 5.41) is 69.7. The van der Waals surface area contributed by atoms with E-state index in [2.05, 4.69) is 0 Å². The Morgan fingerprint density at radius 3 is 0.667 bits per heavy atom. The Labute approximate surface area is 131 Å². The van der Waals surface area contributed by atoms with E-state index in [-0.39, 0.29) is 17.1 Å². The summed E-state index contributed by atoms with van der Waals surface area (Å²) in [4.78, 5) is 0. The number of nitrogens with one attached hydrogen (secondary N) is 2. The molecule has 1 radical (unpaired) electrons. The summed E-state index contributed by atoms with van der Waals surface area (Å²) >= 11 is 0. The quantitative estimate of drug-likeness (QED) is 0.170. The second-order valence-electron chi connectivity index (χ2n) is 3.78. The van der Waals surface area contributed by atoms with Gasteiger partial charge in [0.05, 0.1) is 5.39 Å². The molecule has 0 bridgehead atoms. The zero-order valence-corrected chi connectivity index (χ0v) is 12.0. The standard InChI is InChI=1S/2C4H10NO3.Cu.H3NO3/c2*5-4(1-6,2-7)3-8;;2-1(3)4/h2*5-8H,1-3H2;;2-4H/q2*-1;+2;. The normalized spacial score (nSPS) is 10.9. The minimum absolute atomic E-state index is 0. The Balaban J connectivity index is -0.000000107. The van der Waals surface area contributed by atoms with Crippen LogP contribution in [0.15, 0.2) is 0 Å². The zero-order valence-electron chi connectivity index (χ0n) is 11.0. The maximum absolute atomic E-state index is 8.28. The van der Waals surface area contributed by atoms with E-state index >= 15 is 0 Å². The first-order valence-corrected chi connectivity index (χ1v) is 5.12. The average Bonchev–Trinajstić information content (AvgIpc) is 2.45. The molecule has 0 aromatic carbocycles. The van der Waals surface area contributed by atoms with Gasteiger partial charge in [-0.3, -0.25) is 15.6 Å². The van der Waals surface area contributed by atoms with Gasteiger partial charge in [-0.25, -0.2) is 0 Å². The van der Waals surface area contributed by atoms with E-state index in [1.165, 1.54) is 0 Å². The summed E-state index contributed by atoms with van der Waals surface area (Å²) in [6.07, 6.45) is 0. The van der Waals surface area contributed by atoms with Crippen LogP contribution in [-0.4, -0.2) is 102 Å². The van der Waals surface area contributed by atoms with Gasteiger partial charge in [-0.1, -0.05) is 11.1 Å². The molecule has 0 aliphatic rings. The van der Waals surface area contributed by atoms with Gasteiger partial charge >= 0.3 is 17.1 Å².